The first-order valence-corrected chi connectivity index (χ1v) is 11.5. The number of sulfone groups is 1. The van der Waals surface area contributed by atoms with Gasteiger partial charge in [0.15, 0.2) is 14.9 Å². The summed E-state index contributed by atoms with van der Waals surface area (Å²) in [6, 6.07) is 0.0988. The molecular formula is C17H32N2O2S2. The highest BCUT2D eigenvalue weighted by atomic mass is 32.2. The van der Waals surface area contributed by atoms with Crippen LogP contribution >= 0.6 is 12.2 Å². The Kier molecular flexibility index (Phi) is 7.60. The van der Waals surface area contributed by atoms with Crippen LogP contribution in [0.1, 0.15) is 71.1 Å². The van der Waals surface area contributed by atoms with E-state index in [2.05, 4.69) is 17.1 Å². The SMILES string of the molecule is CCCCCCCCCCCCN1C(=S)N[C@@H]2CS(=O)(=O)C[C@@H]21. The molecule has 6 heteroatoms. The van der Waals surface area contributed by atoms with E-state index in [0.717, 1.165) is 18.1 Å². The van der Waals surface area contributed by atoms with Crippen molar-refractivity contribution in [1.82, 2.24) is 10.2 Å². The molecule has 2 atom stereocenters. The molecule has 2 rings (SSSR count). The van der Waals surface area contributed by atoms with Gasteiger partial charge in [-0.2, -0.15) is 0 Å². The van der Waals surface area contributed by atoms with Crippen molar-refractivity contribution in [1.29, 1.82) is 0 Å². The Hall–Kier alpha value is -0.360. The summed E-state index contributed by atoms with van der Waals surface area (Å²) in [7, 11) is -2.88. The van der Waals surface area contributed by atoms with Crippen molar-refractivity contribution >= 4 is 27.2 Å². The highest BCUT2D eigenvalue weighted by Gasteiger charge is 2.46. The average molecular weight is 361 g/mol. The first-order chi connectivity index (χ1) is 11.0. The van der Waals surface area contributed by atoms with E-state index in [0.29, 0.717) is 0 Å². The molecule has 0 unspecified atom stereocenters. The summed E-state index contributed by atoms with van der Waals surface area (Å²) in [5.74, 6) is 0.509. The fraction of sp³-hybridized carbons (Fsp3) is 0.941. The number of fused-ring (bicyclic) bond motifs is 1. The molecule has 2 aliphatic rings. The van der Waals surface area contributed by atoms with Crippen LogP contribution in [0, 0.1) is 0 Å². The summed E-state index contributed by atoms with van der Waals surface area (Å²) in [6.07, 6.45) is 13.2. The summed E-state index contributed by atoms with van der Waals surface area (Å²) < 4.78 is 23.5. The lowest BCUT2D eigenvalue weighted by atomic mass is 10.1. The predicted molar refractivity (Wildman–Crippen MR) is 101 cm³/mol. The van der Waals surface area contributed by atoms with Crippen LogP contribution in [0.4, 0.5) is 0 Å². The van der Waals surface area contributed by atoms with Crippen LogP contribution in [0.2, 0.25) is 0 Å². The molecule has 1 N–H and O–H groups in total. The molecule has 2 saturated heterocycles. The number of hydrogen-bond acceptors (Lipinski definition) is 3. The molecule has 0 amide bonds. The zero-order valence-corrected chi connectivity index (χ0v) is 16.1. The lowest BCUT2D eigenvalue weighted by molar-refractivity contribution is 0.344. The third kappa shape index (κ3) is 5.89. The Labute approximate surface area is 147 Å². The molecular weight excluding hydrogens is 328 g/mol. The van der Waals surface area contributed by atoms with Crippen LogP contribution < -0.4 is 5.32 Å². The molecule has 0 saturated carbocycles. The van der Waals surface area contributed by atoms with E-state index in [1.54, 1.807) is 0 Å². The van der Waals surface area contributed by atoms with E-state index < -0.39 is 9.84 Å². The second-order valence-electron chi connectivity index (χ2n) is 7.08. The first-order valence-electron chi connectivity index (χ1n) is 9.31. The number of unbranched alkanes of at least 4 members (excludes halogenated alkanes) is 9. The molecule has 0 radical (unpaired) electrons. The zero-order chi connectivity index (χ0) is 16.7. The van der Waals surface area contributed by atoms with Crippen LogP contribution in [0.15, 0.2) is 0 Å². The van der Waals surface area contributed by atoms with E-state index in [1.165, 1.54) is 57.8 Å². The number of hydrogen-bond donors (Lipinski definition) is 1. The van der Waals surface area contributed by atoms with Crippen molar-refractivity contribution in [3.63, 3.8) is 0 Å². The average Bonchev–Trinajstić information content (AvgIpc) is 2.92. The Balaban J connectivity index is 1.53. The first kappa shape index (κ1) is 19.0. The molecule has 23 heavy (non-hydrogen) atoms. The minimum absolute atomic E-state index is 0.0237. The Morgan fingerprint density at radius 3 is 2.17 bits per heavy atom. The van der Waals surface area contributed by atoms with Gasteiger partial charge in [-0.1, -0.05) is 64.7 Å². The number of thiocarbonyl (C=S) groups is 1. The lowest BCUT2D eigenvalue weighted by Crippen LogP contribution is -2.37. The van der Waals surface area contributed by atoms with E-state index in [9.17, 15) is 8.42 Å². The van der Waals surface area contributed by atoms with Gasteiger partial charge in [0.25, 0.3) is 0 Å². The minimum Gasteiger partial charge on any atom is -0.357 e. The van der Waals surface area contributed by atoms with Crippen LogP contribution in [-0.4, -0.2) is 48.6 Å². The molecule has 0 spiro atoms. The van der Waals surface area contributed by atoms with Crippen LogP contribution in [0.25, 0.3) is 0 Å². The second kappa shape index (κ2) is 9.21. The Bertz CT molecular complexity index is 479. The fourth-order valence-electron chi connectivity index (χ4n) is 3.70. The maximum absolute atomic E-state index is 11.7. The minimum atomic E-state index is -2.88. The normalized spacial score (nSPS) is 25.6. The molecule has 2 aliphatic heterocycles. The molecule has 134 valence electrons. The van der Waals surface area contributed by atoms with Crippen molar-refractivity contribution in [2.75, 3.05) is 18.1 Å². The van der Waals surface area contributed by atoms with Crippen LogP contribution in [0.5, 0.6) is 0 Å². The standard InChI is InChI=1S/C17H32N2O2S2/c1-2-3-4-5-6-7-8-9-10-11-12-19-16-14-23(20,21)13-15(16)18-17(19)22/h15-16H,2-14H2,1H3,(H,18,22)/t15-,16+/m1/s1. The smallest absolute Gasteiger partial charge is 0.169 e. The van der Waals surface area contributed by atoms with Crippen LogP contribution in [0.3, 0.4) is 0 Å². The monoisotopic (exact) mass is 360 g/mol. The summed E-state index contributed by atoms with van der Waals surface area (Å²) in [5, 5.41) is 3.94. The van der Waals surface area contributed by atoms with E-state index in [4.69, 9.17) is 12.2 Å². The maximum atomic E-state index is 11.7. The summed E-state index contributed by atoms with van der Waals surface area (Å²) in [5.41, 5.74) is 0. The third-order valence-corrected chi connectivity index (χ3v) is 7.11. The quantitative estimate of drug-likeness (QED) is 0.453. The predicted octanol–water partition coefficient (Wildman–Crippen LogP) is 3.26. The van der Waals surface area contributed by atoms with E-state index in [1.807, 2.05) is 0 Å². The fourth-order valence-corrected chi connectivity index (χ4v) is 6.00. The van der Waals surface area contributed by atoms with Crippen molar-refractivity contribution in [3.8, 4) is 0 Å². The van der Waals surface area contributed by atoms with E-state index in [-0.39, 0.29) is 23.6 Å². The van der Waals surface area contributed by atoms with Gasteiger partial charge in [-0.15, -0.1) is 0 Å². The van der Waals surface area contributed by atoms with Crippen molar-refractivity contribution < 1.29 is 8.42 Å². The molecule has 0 aliphatic carbocycles. The van der Waals surface area contributed by atoms with Gasteiger partial charge in [-0.25, -0.2) is 8.42 Å². The molecule has 0 aromatic rings. The molecule has 0 aromatic carbocycles. The molecule has 0 aromatic heterocycles. The van der Waals surface area contributed by atoms with Gasteiger partial charge in [0.2, 0.25) is 0 Å². The van der Waals surface area contributed by atoms with Crippen LogP contribution in [-0.2, 0) is 9.84 Å². The van der Waals surface area contributed by atoms with Crippen molar-refractivity contribution in [2.24, 2.45) is 0 Å². The van der Waals surface area contributed by atoms with Gasteiger partial charge in [0, 0.05) is 6.54 Å². The third-order valence-electron chi connectivity index (χ3n) is 5.05. The van der Waals surface area contributed by atoms with Crippen molar-refractivity contribution in [2.45, 2.75) is 83.2 Å². The van der Waals surface area contributed by atoms with Gasteiger partial charge in [-0.05, 0) is 18.6 Å². The van der Waals surface area contributed by atoms with Gasteiger partial charge >= 0.3 is 0 Å². The van der Waals surface area contributed by atoms with E-state index >= 15 is 0 Å². The highest BCUT2D eigenvalue weighted by molar-refractivity contribution is 7.91. The molecule has 4 nitrogen and oxygen atoms in total. The molecule has 2 fully saturated rings. The largest absolute Gasteiger partial charge is 0.357 e. The van der Waals surface area contributed by atoms with Gasteiger partial charge in [0.05, 0.1) is 23.6 Å². The molecule has 2 heterocycles. The summed E-state index contributed by atoms with van der Waals surface area (Å²) in [4.78, 5) is 2.12. The lowest BCUT2D eigenvalue weighted by Gasteiger charge is -2.23. The van der Waals surface area contributed by atoms with Crippen molar-refractivity contribution in [3.05, 3.63) is 0 Å². The van der Waals surface area contributed by atoms with Gasteiger partial charge in [0.1, 0.15) is 0 Å². The summed E-state index contributed by atoms with van der Waals surface area (Å²) >= 11 is 5.36. The van der Waals surface area contributed by atoms with Gasteiger partial charge in [-0.3, -0.25) is 0 Å². The zero-order valence-electron chi connectivity index (χ0n) is 14.4. The van der Waals surface area contributed by atoms with Gasteiger partial charge < -0.3 is 10.2 Å². The maximum Gasteiger partial charge on any atom is 0.169 e. The number of rotatable bonds is 11. The number of nitrogens with one attached hydrogen (secondary N) is 1. The summed E-state index contributed by atoms with van der Waals surface area (Å²) in [6.45, 7) is 3.16. The topological polar surface area (TPSA) is 49.4 Å². The Morgan fingerprint density at radius 1 is 1.00 bits per heavy atom. The second-order valence-corrected chi connectivity index (χ2v) is 9.62. The highest BCUT2D eigenvalue weighted by Crippen LogP contribution is 2.24. The Morgan fingerprint density at radius 2 is 1.57 bits per heavy atom. The molecule has 0 bridgehead atoms. The number of nitrogens with zero attached hydrogens (tertiary/aromatic N) is 1.